The molecule has 0 atom stereocenters. The summed E-state index contributed by atoms with van der Waals surface area (Å²) in [4.78, 5) is 0. The number of aromatic nitrogens is 4. The third-order valence-corrected chi connectivity index (χ3v) is 14.5. The normalized spacial score (nSPS) is 12.5. The monoisotopic (exact) mass is 875 g/mol. The first kappa shape index (κ1) is 40.0. The van der Waals surface area contributed by atoms with Crippen molar-refractivity contribution in [3.8, 4) is 28.8 Å². The molecule has 0 saturated carbocycles. The maximum absolute atomic E-state index is 11.2. The van der Waals surface area contributed by atoms with E-state index in [4.69, 9.17) is 0 Å². The molecule has 0 aliphatic heterocycles. The Labute approximate surface area is 394 Å². The maximum Gasteiger partial charge on any atom is 0.101 e. The lowest BCUT2D eigenvalue weighted by Gasteiger charge is -2.19. The van der Waals surface area contributed by atoms with Crippen LogP contribution in [-0.2, 0) is 10.8 Å². The minimum absolute atomic E-state index is 0.00174. The van der Waals surface area contributed by atoms with Crippen LogP contribution >= 0.6 is 0 Å². The van der Waals surface area contributed by atoms with Crippen LogP contribution in [0.5, 0.6) is 0 Å². The smallest absolute Gasteiger partial charge is 0.101 e. The van der Waals surface area contributed by atoms with Crippen molar-refractivity contribution in [2.75, 3.05) is 0 Å². The van der Waals surface area contributed by atoms with Gasteiger partial charge in [0, 0.05) is 60.2 Å². The van der Waals surface area contributed by atoms with Crippen molar-refractivity contribution in [3.63, 3.8) is 0 Å². The molecule has 0 unspecified atom stereocenters. The van der Waals surface area contributed by atoms with Gasteiger partial charge in [0.05, 0.1) is 55.4 Å². The Morgan fingerprint density at radius 2 is 0.765 bits per heavy atom. The largest absolute Gasteiger partial charge is 0.309 e. The third kappa shape index (κ3) is 5.67. The summed E-state index contributed by atoms with van der Waals surface area (Å²) in [7, 11) is 0. The van der Waals surface area contributed by atoms with E-state index in [1.54, 1.807) is 0 Å². The van der Waals surface area contributed by atoms with E-state index < -0.39 is 0 Å². The average Bonchev–Trinajstić information content (AvgIpc) is 4.08. The number of hydrogen-bond acceptors (Lipinski definition) is 1. The topological polar surface area (TPSA) is 43.5 Å². The zero-order chi connectivity index (χ0) is 46.2. The molecule has 5 nitrogen and oxygen atoms in total. The second-order valence-electron chi connectivity index (χ2n) is 20.5. The molecule has 68 heavy (non-hydrogen) atoms. The van der Waals surface area contributed by atoms with Gasteiger partial charge in [0.2, 0.25) is 0 Å². The number of rotatable bonds is 4. The van der Waals surface area contributed by atoms with Crippen molar-refractivity contribution >= 4 is 87.2 Å². The molecular weight excluding hydrogens is 827 g/mol. The van der Waals surface area contributed by atoms with Crippen molar-refractivity contribution in [2.24, 2.45) is 0 Å². The van der Waals surface area contributed by atoms with Gasteiger partial charge in [-0.15, -0.1) is 0 Å². The van der Waals surface area contributed by atoms with Gasteiger partial charge in [-0.25, -0.2) is 0 Å². The van der Waals surface area contributed by atoms with Gasteiger partial charge in [0.1, 0.15) is 6.07 Å². The highest BCUT2D eigenvalue weighted by molar-refractivity contribution is 6.31. The van der Waals surface area contributed by atoms with Gasteiger partial charge >= 0.3 is 0 Å². The number of nitriles is 1. The van der Waals surface area contributed by atoms with Crippen LogP contribution < -0.4 is 0 Å². The van der Waals surface area contributed by atoms with Crippen LogP contribution in [0.2, 0.25) is 0 Å². The van der Waals surface area contributed by atoms with Crippen molar-refractivity contribution < 1.29 is 0 Å². The van der Waals surface area contributed by atoms with Gasteiger partial charge in [-0.3, -0.25) is 0 Å². The van der Waals surface area contributed by atoms with Gasteiger partial charge in [-0.2, -0.15) is 5.26 Å². The van der Waals surface area contributed by atoms with E-state index in [0.717, 1.165) is 66.6 Å². The van der Waals surface area contributed by atoms with E-state index in [1.807, 2.05) is 0 Å². The first-order valence-corrected chi connectivity index (χ1v) is 23.7. The van der Waals surface area contributed by atoms with Crippen LogP contribution in [0, 0.1) is 11.3 Å². The molecule has 0 radical (unpaired) electrons. The van der Waals surface area contributed by atoms with Gasteiger partial charge in [0.15, 0.2) is 0 Å². The van der Waals surface area contributed by atoms with E-state index >= 15 is 0 Å². The number of hydrogen-bond donors (Lipinski definition) is 0. The molecule has 0 aliphatic rings. The van der Waals surface area contributed by atoms with Gasteiger partial charge in [-0.05, 0) is 113 Å². The number of para-hydroxylation sites is 4. The number of benzene rings is 9. The first-order chi connectivity index (χ1) is 33.0. The number of fused-ring (bicyclic) bond motifs is 14. The second kappa shape index (κ2) is 14.3. The Morgan fingerprint density at radius 3 is 1.28 bits per heavy atom. The molecule has 13 rings (SSSR count). The van der Waals surface area contributed by atoms with Crippen LogP contribution in [0.15, 0.2) is 188 Å². The predicted molar refractivity (Wildman–Crippen MR) is 286 cm³/mol. The van der Waals surface area contributed by atoms with Crippen molar-refractivity contribution in [2.45, 2.75) is 52.4 Å². The van der Waals surface area contributed by atoms with Gasteiger partial charge < -0.3 is 18.3 Å². The van der Waals surface area contributed by atoms with E-state index in [2.05, 4.69) is 254 Å². The Balaban J connectivity index is 1.10. The SMILES string of the molecule is CC(C)(C)c1ccc2c(c1)c1cc(C(C)(C)C)ccc1n2-c1ccc(-n2c3ccccc3c3c2ccc2c4ccc5c(c6ccccc6n5-c5ccccc5)c4n(-c4ccccc4)c23)c(C#N)c1. The Kier molecular flexibility index (Phi) is 8.43. The molecule has 4 heterocycles. The van der Waals surface area contributed by atoms with Crippen molar-refractivity contribution in [3.05, 3.63) is 205 Å². The third-order valence-electron chi connectivity index (χ3n) is 14.5. The molecular formula is C63H49N5. The maximum atomic E-state index is 11.2. The molecule has 13 aromatic rings. The molecule has 5 heteroatoms. The lowest BCUT2D eigenvalue weighted by Crippen LogP contribution is -2.10. The predicted octanol–water partition coefficient (Wildman–Crippen LogP) is 16.5. The number of nitrogens with zero attached hydrogens (tertiary/aromatic N) is 5. The summed E-state index contributed by atoms with van der Waals surface area (Å²) in [6, 6.07) is 71.1. The molecule has 326 valence electrons. The molecule has 0 aliphatic carbocycles. The molecule has 9 aromatic carbocycles. The second-order valence-corrected chi connectivity index (χ2v) is 20.5. The van der Waals surface area contributed by atoms with E-state index in [0.29, 0.717) is 5.56 Å². The fourth-order valence-electron chi connectivity index (χ4n) is 11.2. The van der Waals surface area contributed by atoms with Crippen LogP contribution in [-0.4, -0.2) is 18.3 Å². The zero-order valence-corrected chi connectivity index (χ0v) is 39.1. The Bertz CT molecular complexity index is 4200. The highest BCUT2D eigenvalue weighted by atomic mass is 15.0. The van der Waals surface area contributed by atoms with Crippen LogP contribution in [0.3, 0.4) is 0 Å². The average molecular weight is 876 g/mol. The molecule has 0 spiro atoms. The van der Waals surface area contributed by atoms with Crippen molar-refractivity contribution in [1.82, 2.24) is 18.3 Å². The van der Waals surface area contributed by atoms with Crippen LogP contribution in [0.4, 0.5) is 0 Å². The highest BCUT2D eigenvalue weighted by Gasteiger charge is 2.26. The summed E-state index contributed by atoms with van der Waals surface area (Å²) in [5.41, 5.74) is 16.3. The summed E-state index contributed by atoms with van der Waals surface area (Å²) >= 11 is 0. The van der Waals surface area contributed by atoms with Crippen molar-refractivity contribution in [1.29, 1.82) is 5.26 Å². The molecule has 4 aromatic heterocycles. The van der Waals surface area contributed by atoms with E-state index in [-0.39, 0.29) is 10.8 Å². The summed E-state index contributed by atoms with van der Waals surface area (Å²) < 4.78 is 9.56. The zero-order valence-electron chi connectivity index (χ0n) is 39.1. The molecule has 0 fully saturated rings. The van der Waals surface area contributed by atoms with Gasteiger partial charge in [-0.1, -0.05) is 139 Å². The highest BCUT2D eigenvalue weighted by Crippen LogP contribution is 2.47. The standard InChI is InChI=1S/C63H49N5/c1-62(2,3)40-25-30-54-49(36-40)50-37-41(63(4,5)6)26-31-55(50)66(54)44-27-32-51(39(35-44)38-64)68-53-24-16-14-22-48(53)59-57(68)34-29-46-45-28-33-56-58(60(45)67(61(46)59)43-19-11-8-12-20-43)47-21-13-15-23-52(47)65(56)42-17-9-7-10-18-42/h7-37H,1-6H3. The minimum atomic E-state index is -0.00174. The fourth-order valence-corrected chi connectivity index (χ4v) is 11.2. The fraction of sp³-hybridized carbons (Fsp3) is 0.127. The molecule has 0 N–H and O–H groups in total. The minimum Gasteiger partial charge on any atom is -0.309 e. The Morgan fingerprint density at radius 1 is 0.338 bits per heavy atom. The van der Waals surface area contributed by atoms with E-state index in [1.165, 1.54) is 54.5 Å². The lowest BCUT2D eigenvalue weighted by molar-refractivity contribution is 0.590. The lowest BCUT2D eigenvalue weighted by atomic mass is 9.85. The summed E-state index contributed by atoms with van der Waals surface area (Å²) in [5.74, 6) is 0. The van der Waals surface area contributed by atoms with Gasteiger partial charge in [0.25, 0.3) is 0 Å². The summed E-state index contributed by atoms with van der Waals surface area (Å²) in [6.07, 6.45) is 0. The molecule has 0 bridgehead atoms. The van der Waals surface area contributed by atoms with E-state index in [9.17, 15) is 5.26 Å². The first-order valence-electron chi connectivity index (χ1n) is 23.7. The Hall–Kier alpha value is -8.33. The van der Waals surface area contributed by atoms with Crippen LogP contribution in [0.1, 0.15) is 58.2 Å². The molecule has 0 saturated heterocycles. The quantitative estimate of drug-likeness (QED) is 0.174. The summed E-state index contributed by atoms with van der Waals surface area (Å²) in [5, 5.41) is 20.8. The molecule has 0 amide bonds. The summed E-state index contributed by atoms with van der Waals surface area (Å²) in [6.45, 7) is 13.7. The van der Waals surface area contributed by atoms with Crippen LogP contribution in [0.25, 0.3) is 110 Å².